The van der Waals surface area contributed by atoms with E-state index in [1.54, 1.807) is 12.3 Å². The first-order chi connectivity index (χ1) is 8.72. The van der Waals surface area contributed by atoms with Crippen LogP contribution in [0.2, 0.25) is 0 Å². The number of hydrogen-bond acceptors (Lipinski definition) is 3. The Kier molecular flexibility index (Phi) is 4.58. The van der Waals surface area contributed by atoms with Crippen molar-refractivity contribution in [2.24, 2.45) is 5.92 Å². The second-order valence-corrected chi connectivity index (χ2v) is 5.45. The molecule has 18 heavy (non-hydrogen) atoms. The van der Waals surface area contributed by atoms with Gasteiger partial charge in [0, 0.05) is 6.54 Å². The summed E-state index contributed by atoms with van der Waals surface area (Å²) in [4.78, 5) is 11.9. The Balaban J connectivity index is 1.92. The second-order valence-electron chi connectivity index (χ2n) is 4.66. The number of hydrogen-bond donors (Lipinski definition) is 1. The highest BCUT2D eigenvalue weighted by molar-refractivity contribution is 9.10. The van der Waals surface area contributed by atoms with Gasteiger partial charge in [0.25, 0.3) is 5.56 Å². The number of anilines is 1. The van der Waals surface area contributed by atoms with E-state index in [1.165, 1.54) is 23.9 Å². The van der Waals surface area contributed by atoms with Crippen LogP contribution in [0.15, 0.2) is 28.1 Å². The van der Waals surface area contributed by atoms with E-state index in [0.717, 1.165) is 24.6 Å². The molecule has 0 atom stereocenters. The van der Waals surface area contributed by atoms with Gasteiger partial charge in [0.2, 0.25) is 0 Å². The zero-order valence-corrected chi connectivity index (χ0v) is 11.9. The molecule has 0 bridgehead atoms. The van der Waals surface area contributed by atoms with E-state index >= 15 is 0 Å². The molecular formula is C13H18BrN3O. The smallest absolute Gasteiger partial charge is 0.283 e. The predicted octanol–water partition coefficient (Wildman–Crippen LogP) is 2.79. The Morgan fingerprint density at radius 1 is 1.61 bits per heavy atom. The molecule has 1 aromatic rings. The van der Waals surface area contributed by atoms with Crippen molar-refractivity contribution in [1.82, 2.24) is 9.78 Å². The molecule has 4 nitrogen and oxygen atoms in total. The molecule has 98 valence electrons. The lowest BCUT2D eigenvalue weighted by atomic mass is 10.2. The minimum atomic E-state index is -0.123. The van der Waals surface area contributed by atoms with Gasteiger partial charge in [0.1, 0.15) is 4.47 Å². The Labute approximate surface area is 115 Å². The van der Waals surface area contributed by atoms with Crippen LogP contribution < -0.4 is 10.9 Å². The van der Waals surface area contributed by atoms with Gasteiger partial charge in [-0.05, 0) is 34.7 Å². The summed E-state index contributed by atoms with van der Waals surface area (Å²) in [6.07, 6.45) is 8.56. The van der Waals surface area contributed by atoms with Crippen molar-refractivity contribution >= 4 is 21.6 Å². The number of aromatic nitrogens is 2. The summed E-state index contributed by atoms with van der Waals surface area (Å²) < 4.78 is 1.93. The molecule has 1 saturated carbocycles. The molecule has 1 heterocycles. The summed E-state index contributed by atoms with van der Waals surface area (Å²) in [7, 11) is 0. The van der Waals surface area contributed by atoms with Crippen LogP contribution in [0.3, 0.4) is 0 Å². The molecule has 1 aromatic heterocycles. The third-order valence-electron chi connectivity index (χ3n) is 3.09. The number of rotatable bonds is 7. The van der Waals surface area contributed by atoms with E-state index in [4.69, 9.17) is 0 Å². The summed E-state index contributed by atoms with van der Waals surface area (Å²) in [5.74, 6) is 0.953. The average Bonchev–Trinajstić information content (AvgIpc) is 3.17. The van der Waals surface area contributed by atoms with Crippen molar-refractivity contribution in [3.63, 3.8) is 0 Å². The Bertz CT molecular complexity index is 480. The molecule has 1 N–H and O–H groups in total. The molecule has 5 heteroatoms. The summed E-state index contributed by atoms with van der Waals surface area (Å²) in [5, 5.41) is 7.35. The second kappa shape index (κ2) is 6.18. The summed E-state index contributed by atoms with van der Waals surface area (Å²) in [6.45, 7) is 4.92. The highest BCUT2D eigenvalue weighted by atomic mass is 79.9. The normalized spacial score (nSPS) is 14.5. The fraction of sp³-hybridized carbons (Fsp3) is 0.538. The first-order valence-corrected chi connectivity index (χ1v) is 7.12. The van der Waals surface area contributed by atoms with Crippen molar-refractivity contribution in [2.75, 3.05) is 11.9 Å². The zero-order valence-electron chi connectivity index (χ0n) is 10.4. The van der Waals surface area contributed by atoms with Crippen LogP contribution in [0.25, 0.3) is 0 Å². The maximum absolute atomic E-state index is 11.9. The van der Waals surface area contributed by atoms with Crippen LogP contribution in [0.5, 0.6) is 0 Å². The number of halogens is 1. The molecule has 1 aliphatic carbocycles. The SMILES string of the molecule is C=CCn1ncc(NCCCC2CC2)c(Br)c1=O. The van der Waals surface area contributed by atoms with Crippen LogP contribution in [-0.4, -0.2) is 16.3 Å². The quantitative estimate of drug-likeness (QED) is 0.622. The Morgan fingerprint density at radius 3 is 3.06 bits per heavy atom. The summed E-state index contributed by atoms with van der Waals surface area (Å²) >= 11 is 3.32. The lowest BCUT2D eigenvalue weighted by molar-refractivity contribution is 0.647. The minimum Gasteiger partial charge on any atom is -0.383 e. The van der Waals surface area contributed by atoms with Crippen molar-refractivity contribution in [1.29, 1.82) is 0 Å². The van der Waals surface area contributed by atoms with E-state index in [0.29, 0.717) is 11.0 Å². The number of nitrogens with zero attached hydrogens (tertiary/aromatic N) is 2. The molecule has 0 aliphatic heterocycles. The largest absolute Gasteiger partial charge is 0.383 e. The molecule has 1 aliphatic rings. The third-order valence-corrected chi connectivity index (χ3v) is 3.85. The molecule has 0 saturated heterocycles. The van der Waals surface area contributed by atoms with Crippen molar-refractivity contribution in [2.45, 2.75) is 32.2 Å². The van der Waals surface area contributed by atoms with E-state index < -0.39 is 0 Å². The van der Waals surface area contributed by atoms with E-state index in [9.17, 15) is 4.79 Å². The van der Waals surface area contributed by atoms with Gasteiger partial charge in [0.15, 0.2) is 0 Å². The van der Waals surface area contributed by atoms with Gasteiger partial charge in [-0.3, -0.25) is 4.79 Å². The van der Waals surface area contributed by atoms with E-state index in [1.807, 2.05) is 0 Å². The highest BCUT2D eigenvalue weighted by Crippen LogP contribution is 2.33. The lowest BCUT2D eigenvalue weighted by Gasteiger charge is -2.09. The summed E-state index contributed by atoms with van der Waals surface area (Å²) in [5.41, 5.74) is 0.651. The van der Waals surface area contributed by atoms with Gasteiger partial charge in [-0.25, -0.2) is 4.68 Å². The molecule has 1 fully saturated rings. The van der Waals surface area contributed by atoms with Gasteiger partial charge >= 0.3 is 0 Å². The van der Waals surface area contributed by atoms with Crippen LogP contribution in [-0.2, 0) is 6.54 Å². The van der Waals surface area contributed by atoms with E-state index in [-0.39, 0.29) is 5.56 Å². The maximum Gasteiger partial charge on any atom is 0.283 e. The Morgan fingerprint density at radius 2 is 2.39 bits per heavy atom. The molecular weight excluding hydrogens is 294 g/mol. The van der Waals surface area contributed by atoms with Gasteiger partial charge < -0.3 is 5.32 Å². The van der Waals surface area contributed by atoms with Crippen LogP contribution >= 0.6 is 15.9 Å². The monoisotopic (exact) mass is 311 g/mol. The molecule has 0 aromatic carbocycles. The van der Waals surface area contributed by atoms with Gasteiger partial charge in [-0.2, -0.15) is 5.10 Å². The fourth-order valence-electron chi connectivity index (χ4n) is 1.86. The lowest BCUT2D eigenvalue weighted by Crippen LogP contribution is -2.24. The first kappa shape index (κ1) is 13.3. The molecule has 0 spiro atoms. The molecule has 0 unspecified atom stereocenters. The van der Waals surface area contributed by atoms with Gasteiger partial charge in [-0.15, -0.1) is 6.58 Å². The van der Waals surface area contributed by atoms with Crippen LogP contribution in [0.4, 0.5) is 5.69 Å². The predicted molar refractivity (Wildman–Crippen MR) is 76.8 cm³/mol. The molecule has 2 rings (SSSR count). The first-order valence-electron chi connectivity index (χ1n) is 6.32. The third kappa shape index (κ3) is 3.45. The fourth-order valence-corrected chi connectivity index (χ4v) is 2.31. The number of allylic oxidation sites excluding steroid dienone is 1. The van der Waals surface area contributed by atoms with Crippen LogP contribution in [0.1, 0.15) is 25.7 Å². The standard InChI is InChI=1S/C13H18BrN3O/c1-2-8-17-13(18)12(14)11(9-16-17)15-7-3-4-10-5-6-10/h2,9-10,15H,1,3-8H2. The Hall–Kier alpha value is -1.10. The topological polar surface area (TPSA) is 46.9 Å². The van der Waals surface area contributed by atoms with Crippen LogP contribution in [0, 0.1) is 5.92 Å². The average molecular weight is 312 g/mol. The van der Waals surface area contributed by atoms with Crippen molar-refractivity contribution in [3.8, 4) is 0 Å². The zero-order chi connectivity index (χ0) is 13.0. The molecule has 0 amide bonds. The van der Waals surface area contributed by atoms with E-state index in [2.05, 4.69) is 32.9 Å². The van der Waals surface area contributed by atoms with Crippen molar-refractivity contribution in [3.05, 3.63) is 33.7 Å². The van der Waals surface area contributed by atoms with Crippen molar-refractivity contribution < 1.29 is 0 Å². The van der Waals surface area contributed by atoms with Gasteiger partial charge in [-0.1, -0.05) is 18.9 Å². The maximum atomic E-state index is 11.9. The number of nitrogens with one attached hydrogen (secondary N) is 1. The highest BCUT2D eigenvalue weighted by Gasteiger charge is 2.20. The van der Waals surface area contributed by atoms with Gasteiger partial charge in [0.05, 0.1) is 18.4 Å². The minimum absolute atomic E-state index is 0.123. The molecule has 0 radical (unpaired) electrons. The summed E-state index contributed by atoms with van der Waals surface area (Å²) in [6, 6.07) is 0.